The Morgan fingerprint density at radius 2 is 1.68 bits per heavy atom. The Hall–Kier alpha value is -2.53. The zero-order chi connectivity index (χ0) is 20.4. The number of anilines is 1. The van der Waals surface area contributed by atoms with Gasteiger partial charge in [0.15, 0.2) is 5.76 Å². The van der Waals surface area contributed by atoms with Gasteiger partial charge in [0.05, 0.1) is 0 Å². The number of hydrogen-bond acceptors (Lipinski definition) is 5. The molecule has 1 aliphatic rings. The number of hydrogen-bond donors (Lipinski definition) is 1. The van der Waals surface area contributed by atoms with E-state index >= 15 is 0 Å². The number of furan rings is 1. The van der Waals surface area contributed by atoms with Crippen molar-refractivity contribution >= 4 is 21.6 Å². The molecule has 7 nitrogen and oxygen atoms in total. The topological polar surface area (TPSA) is 88.8 Å². The van der Waals surface area contributed by atoms with Gasteiger partial charge in [0.1, 0.15) is 5.75 Å². The summed E-state index contributed by atoms with van der Waals surface area (Å²) in [7, 11) is -3.81. The number of piperidine rings is 1. The summed E-state index contributed by atoms with van der Waals surface area (Å²) in [4.78, 5) is 12.2. The fraction of sp³-hybridized carbons (Fsp3) is 0.353. The molecule has 1 amide bonds. The lowest BCUT2D eigenvalue weighted by molar-refractivity contribution is -0.274. The number of ether oxygens (including phenoxy) is 1. The molecular formula is C17H17F3N2O5S. The number of amides is 1. The van der Waals surface area contributed by atoms with E-state index in [4.69, 9.17) is 4.42 Å². The first kappa shape index (κ1) is 20.2. The van der Waals surface area contributed by atoms with Crippen LogP contribution in [0.25, 0.3) is 0 Å². The predicted octanol–water partition coefficient (Wildman–Crippen LogP) is 3.61. The second-order valence-electron chi connectivity index (χ2n) is 6.11. The smallest absolute Gasteiger partial charge is 0.438 e. The van der Waals surface area contributed by atoms with Crippen LogP contribution in [0.3, 0.4) is 0 Å². The maximum absolute atomic E-state index is 12.5. The highest BCUT2D eigenvalue weighted by molar-refractivity contribution is 7.89. The second-order valence-corrected chi connectivity index (χ2v) is 7.98. The van der Waals surface area contributed by atoms with Crippen molar-refractivity contribution in [1.29, 1.82) is 0 Å². The Labute approximate surface area is 159 Å². The number of carbonyl (C=O) groups excluding carboxylic acids is 1. The number of nitrogens with one attached hydrogen (secondary N) is 1. The summed E-state index contributed by atoms with van der Waals surface area (Å²) in [5, 5.41) is 2.09. The van der Waals surface area contributed by atoms with Gasteiger partial charge >= 0.3 is 6.36 Å². The van der Waals surface area contributed by atoms with Gasteiger partial charge in [0, 0.05) is 18.8 Å². The van der Waals surface area contributed by atoms with Crippen molar-refractivity contribution in [3.05, 3.63) is 42.2 Å². The van der Waals surface area contributed by atoms with Gasteiger partial charge in [-0.25, -0.2) is 8.42 Å². The van der Waals surface area contributed by atoms with E-state index in [0.717, 1.165) is 31.4 Å². The van der Waals surface area contributed by atoms with Crippen molar-refractivity contribution in [3.8, 4) is 5.75 Å². The highest BCUT2D eigenvalue weighted by Gasteiger charge is 2.31. The first-order valence-corrected chi connectivity index (χ1v) is 9.86. The van der Waals surface area contributed by atoms with E-state index in [1.165, 1.54) is 28.6 Å². The van der Waals surface area contributed by atoms with Crippen LogP contribution in [0, 0.1) is 0 Å². The van der Waals surface area contributed by atoms with Gasteiger partial charge in [-0.1, -0.05) is 6.42 Å². The number of nitrogens with zero attached hydrogens (tertiary/aromatic N) is 1. The summed E-state index contributed by atoms with van der Waals surface area (Å²) in [6.45, 7) is 0.799. The third kappa shape index (κ3) is 4.84. The summed E-state index contributed by atoms with van der Waals surface area (Å²) in [6.07, 6.45) is -2.32. The normalized spacial score (nSPS) is 16.0. The van der Waals surface area contributed by atoms with Crippen molar-refractivity contribution in [2.75, 3.05) is 18.4 Å². The van der Waals surface area contributed by atoms with Crippen LogP contribution in [-0.4, -0.2) is 38.1 Å². The number of sulfonamides is 1. The Balaban J connectivity index is 1.67. The van der Waals surface area contributed by atoms with Crippen molar-refractivity contribution in [1.82, 2.24) is 4.31 Å². The van der Waals surface area contributed by atoms with Gasteiger partial charge in [-0.3, -0.25) is 4.79 Å². The maximum Gasteiger partial charge on any atom is 0.573 e. The highest BCUT2D eigenvalue weighted by Crippen LogP contribution is 2.25. The highest BCUT2D eigenvalue weighted by atomic mass is 32.2. The third-order valence-corrected chi connectivity index (χ3v) is 5.83. The van der Waals surface area contributed by atoms with Crippen molar-refractivity contribution in [2.24, 2.45) is 0 Å². The van der Waals surface area contributed by atoms with Gasteiger partial charge in [-0.15, -0.1) is 13.2 Å². The molecule has 0 radical (unpaired) electrons. The summed E-state index contributed by atoms with van der Waals surface area (Å²) in [5.74, 6) is -1.39. The lowest BCUT2D eigenvalue weighted by atomic mass is 10.2. The molecule has 0 atom stereocenters. The first-order chi connectivity index (χ1) is 13.1. The monoisotopic (exact) mass is 418 g/mol. The van der Waals surface area contributed by atoms with Crippen molar-refractivity contribution < 1.29 is 35.5 Å². The third-order valence-electron chi connectivity index (χ3n) is 4.06. The second kappa shape index (κ2) is 7.84. The summed E-state index contributed by atoms with van der Waals surface area (Å²) < 4.78 is 71.8. The number of alkyl halides is 3. The Morgan fingerprint density at radius 3 is 2.29 bits per heavy atom. The molecule has 0 unspecified atom stereocenters. The molecule has 1 aromatic heterocycles. The first-order valence-electron chi connectivity index (χ1n) is 8.42. The van der Waals surface area contributed by atoms with Gasteiger partial charge in [-0.05, 0) is 49.2 Å². The Morgan fingerprint density at radius 1 is 1.04 bits per heavy atom. The predicted molar refractivity (Wildman–Crippen MR) is 92.4 cm³/mol. The van der Waals surface area contributed by atoms with E-state index in [9.17, 15) is 26.4 Å². The van der Waals surface area contributed by atoms with Crippen LogP contribution in [0.5, 0.6) is 5.75 Å². The van der Waals surface area contributed by atoms with Crippen LogP contribution in [0.2, 0.25) is 0 Å². The average molecular weight is 418 g/mol. The molecule has 1 fully saturated rings. The van der Waals surface area contributed by atoms with Crippen LogP contribution in [-0.2, 0) is 10.0 Å². The van der Waals surface area contributed by atoms with E-state index in [-0.39, 0.29) is 16.5 Å². The minimum atomic E-state index is -4.81. The summed E-state index contributed by atoms with van der Waals surface area (Å²) >= 11 is 0. The van der Waals surface area contributed by atoms with Gasteiger partial charge in [0.2, 0.25) is 5.09 Å². The lowest BCUT2D eigenvalue weighted by Crippen LogP contribution is -2.35. The molecule has 152 valence electrons. The fourth-order valence-corrected chi connectivity index (χ4v) is 4.17. The molecule has 3 rings (SSSR count). The standard InChI is InChI=1S/C17H17F3N2O5S/c18-17(19,20)27-13-6-4-12(5-7-13)21-16(23)14-8-9-15(26-14)28(24,25)22-10-2-1-3-11-22/h4-9H,1-3,10-11H2,(H,21,23). The van der Waals surface area contributed by atoms with Crippen molar-refractivity contribution in [2.45, 2.75) is 30.7 Å². The van der Waals surface area contributed by atoms with Gasteiger partial charge in [0.25, 0.3) is 15.9 Å². The number of halogens is 3. The van der Waals surface area contributed by atoms with Gasteiger partial charge < -0.3 is 14.5 Å². The largest absolute Gasteiger partial charge is 0.573 e. The van der Waals surface area contributed by atoms with E-state index < -0.39 is 28.0 Å². The average Bonchev–Trinajstić information content (AvgIpc) is 3.14. The molecule has 1 saturated heterocycles. The molecule has 2 heterocycles. The summed E-state index contributed by atoms with van der Waals surface area (Å²) in [6, 6.07) is 6.95. The van der Waals surface area contributed by atoms with E-state index in [0.29, 0.717) is 13.1 Å². The van der Waals surface area contributed by atoms with Crippen LogP contribution >= 0.6 is 0 Å². The molecular weight excluding hydrogens is 401 g/mol. The van der Waals surface area contributed by atoms with Crippen molar-refractivity contribution in [3.63, 3.8) is 0 Å². The Kier molecular flexibility index (Phi) is 5.66. The van der Waals surface area contributed by atoms with E-state index in [1.54, 1.807) is 0 Å². The molecule has 1 aliphatic heterocycles. The fourth-order valence-electron chi connectivity index (χ4n) is 2.75. The van der Waals surface area contributed by atoms with E-state index in [2.05, 4.69) is 10.1 Å². The molecule has 2 aromatic rings. The minimum Gasteiger partial charge on any atom is -0.438 e. The summed E-state index contributed by atoms with van der Waals surface area (Å²) in [5.41, 5.74) is 0.191. The zero-order valence-electron chi connectivity index (χ0n) is 14.5. The van der Waals surface area contributed by atoms with E-state index in [1.807, 2.05) is 0 Å². The zero-order valence-corrected chi connectivity index (χ0v) is 15.3. The van der Waals surface area contributed by atoms with Crippen LogP contribution in [0.1, 0.15) is 29.8 Å². The van der Waals surface area contributed by atoms with Crippen LogP contribution in [0.15, 0.2) is 45.9 Å². The Bertz CT molecular complexity index is 932. The van der Waals surface area contributed by atoms with Crippen LogP contribution in [0.4, 0.5) is 18.9 Å². The molecule has 0 saturated carbocycles. The SMILES string of the molecule is O=C(Nc1ccc(OC(F)(F)F)cc1)c1ccc(S(=O)(=O)N2CCCCC2)o1. The molecule has 0 spiro atoms. The number of carbonyl (C=O) groups is 1. The number of benzene rings is 1. The lowest BCUT2D eigenvalue weighted by Gasteiger charge is -2.24. The molecule has 1 N–H and O–H groups in total. The number of rotatable bonds is 5. The molecule has 0 bridgehead atoms. The van der Waals surface area contributed by atoms with Crippen LogP contribution < -0.4 is 10.1 Å². The van der Waals surface area contributed by atoms with Gasteiger partial charge in [-0.2, -0.15) is 4.31 Å². The molecule has 11 heteroatoms. The molecule has 0 aliphatic carbocycles. The molecule has 28 heavy (non-hydrogen) atoms. The maximum atomic E-state index is 12.5. The molecule has 1 aromatic carbocycles. The minimum absolute atomic E-state index is 0.191. The quantitative estimate of drug-likeness (QED) is 0.802.